The topological polar surface area (TPSA) is 115 Å². The fourth-order valence-corrected chi connectivity index (χ4v) is 1.33. The molecule has 0 aromatic carbocycles. The number of carboxylic acids is 2. The molecule has 4 N–H and O–H groups in total. The maximum atomic E-state index is 10.1. The zero-order valence-corrected chi connectivity index (χ0v) is 14.3. The van der Waals surface area contributed by atoms with Crippen LogP contribution in [0.5, 0.6) is 0 Å². The molecule has 0 aromatic rings. The van der Waals surface area contributed by atoms with Crippen molar-refractivity contribution in [2.24, 2.45) is 10.8 Å². The summed E-state index contributed by atoms with van der Waals surface area (Å²) in [5.74, 6) is -2.29. The average molecular weight is 314 g/mol. The number of aliphatic hydroxyl groups excluding tert-OH is 2. The summed E-state index contributed by atoms with van der Waals surface area (Å²) in [5, 5.41) is 34.3. The monoisotopic (exact) mass is 314 g/mol. The minimum absolute atomic E-state index is 0. The van der Waals surface area contributed by atoms with Gasteiger partial charge < -0.3 is 20.4 Å². The molecule has 0 radical (unpaired) electrons. The zero-order valence-electron chi connectivity index (χ0n) is 14.3. The Labute approximate surface area is 137 Å². The summed E-state index contributed by atoms with van der Waals surface area (Å²) < 4.78 is 0. The van der Waals surface area contributed by atoms with E-state index in [1.807, 2.05) is 41.5 Å². The fraction of sp³-hybridized carbons (Fsp3) is 0.857. The van der Waals surface area contributed by atoms with Crippen molar-refractivity contribution in [3.63, 3.8) is 0 Å². The summed E-state index contributed by atoms with van der Waals surface area (Å²) in [6.45, 7) is 11.3. The van der Waals surface area contributed by atoms with Gasteiger partial charge >= 0.3 is 28.8 Å². The van der Waals surface area contributed by atoms with Crippen LogP contribution in [-0.2, 0) is 9.59 Å². The number of hydrogen-bond donors (Lipinski definition) is 4. The molecule has 120 valence electrons. The molecule has 8 heteroatoms. The summed E-state index contributed by atoms with van der Waals surface area (Å²) in [6.07, 6.45) is -1.86. The Hall–Kier alpha value is -1.01. The van der Waals surface area contributed by atoms with Crippen LogP contribution in [0.1, 0.15) is 54.4 Å². The second kappa shape index (κ2) is 11.5. The first-order valence-corrected chi connectivity index (χ1v) is 6.47. The molecule has 2 unspecified atom stereocenters. The first-order chi connectivity index (χ1) is 8.65. The van der Waals surface area contributed by atoms with E-state index in [4.69, 9.17) is 20.4 Å². The van der Waals surface area contributed by atoms with Crippen molar-refractivity contribution in [3.8, 4) is 0 Å². The van der Waals surface area contributed by atoms with E-state index in [1.54, 1.807) is 0 Å². The van der Waals surface area contributed by atoms with E-state index in [-0.39, 0.29) is 27.7 Å². The van der Waals surface area contributed by atoms with Gasteiger partial charge in [-0.25, -0.2) is 9.59 Å². The van der Waals surface area contributed by atoms with Crippen molar-refractivity contribution >= 4 is 28.8 Å². The van der Waals surface area contributed by atoms with Crippen LogP contribution in [0.25, 0.3) is 0 Å². The van der Waals surface area contributed by atoms with Crippen LogP contribution in [0.4, 0.5) is 0 Å². The van der Waals surface area contributed by atoms with Gasteiger partial charge in [-0.1, -0.05) is 41.5 Å². The number of carbonyl (C=O) groups is 2. The molecule has 0 bridgehead atoms. The quantitative estimate of drug-likeness (QED) is 0.575. The first kappa shape index (κ1) is 29.1. The van der Waals surface area contributed by atoms with Crippen LogP contribution in [0.3, 0.4) is 0 Å². The van der Waals surface area contributed by atoms with Crippen LogP contribution >= 0.6 is 0 Å². The van der Waals surface area contributed by atoms with E-state index in [9.17, 15) is 9.59 Å². The zero-order chi connectivity index (χ0) is 16.7. The molecule has 0 spiro atoms. The van der Waals surface area contributed by atoms with Crippen LogP contribution in [-0.4, -0.2) is 61.4 Å². The summed E-state index contributed by atoms with van der Waals surface area (Å²) >= 11 is 0. The van der Waals surface area contributed by atoms with Gasteiger partial charge in [0.1, 0.15) is 0 Å². The first-order valence-electron chi connectivity index (χ1n) is 6.47. The molecule has 0 rings (SSSR count). The number of rotatable bonds is 4. The minimum Gasteiger partial charge on any atom is -0.479 e. The Kier molecular flexibility index (Phi) is 15.2. The van der Waals surface area contributed by atoms with Gasteiger partial charge in [0.05, 0.1) is 0 Å². The standard InChI is InChI=1S/2C7H14O3.2B/c2*1-7(2,3)4-5(8)6(9)10;;/h2*5,8H,4H2,1-3H3,(H,9,10);;/q;;2*+3. The van der Waals surface area contributed by atoms with Gasteiger partial charge in [-0.3, -0.25) is 0 Å². The van der Waals surface area contributed by atoms with Gasteiger partial charge in [0.2, 0.25) is 0 Å². The predicted octanol–water partition coefficient (Wildman–Crippen LogP) is 0.975. The average Bonchev–Trinajstić information content (AvgIpc) is 2.12. The van der Waals surface area contributed by atoms with E-state index in [2.05, 4.69) is 0 Å². The van der Waals surface area contributed by atoms with Crippen molar-refractivity contribution in [2.75, 3.05) is 0 Å². The minimum atomic E-state index is -1.22. The third-order valence-corrected chi connectivity index (χ3v) is 2.18. The summed E-state index contributed by atoms with van der Waals surface area (Å²) in [7, 11) is 0. The van der Waals surface area contributed by atoms with Crippen molar-refractivity contribution in [3.05, 3.63) is 0 Å². The number of carboxylic acid groups (broad SMARTS) is 2. The maximum absolute atomic E-state index is 10.1. The molecule has 0 aromatic heterocycles. The van der Waals surface area contributed by atoms with Gasteiger partial charge in [0, 0.05) is 0 Å². The fourth-order valence-electron chi connectivity index (χ4n) is 1.33. The number of hydrogen-bond acceptors (Lipinski definition) is 4. The van der Waals surface area contributed by atoms with Gasteiger partial charge in [-0.15, -0.1) is 0 Å². The van der Waals surface area contributed by atoms with Crippen LogP contribution in [0, 0.1) is 10.8 Å². The number of aliphatic carboxylic acids is 2. The molecule has 22 heavy (non-hydrogen) atoms. The van der Waals surface area contributed by atoms with Gasteiger partial charge in [0.25, 0.3) is 0 Å². The third-order valence-electron chi connectivity index (χ3n) is 2.18. The Morgan fingerprint density at radius 1 is 0.727 bits per heavy atom. The molecule has 0 amide bonds. The molecule has 0 saturated carbocycles. The second-order valence-electron chi connectivity index (χ2n) is 7.24. The van der Waals surface area contributed by atoms with E-state index in [0.717, 1.165) is 0 Å². The van der Waals surface area contributed by atoms with Crippen molar-refractivity contribution in [2.45, 2.75) is 66.6 Å². The summed E-state index contributed by atoms with van der Waals surface area (Å²) in [4.78, 5) is 20.3. The third kappa shape index (κ3) is 21.3. The molecule has 0 aliphatic rings. The molecule has 0 aliphatic heterocycles. The van der Waals surface area contributed by atoms with E-state index >= 15 is 0 Å². The second-order valence-corrected chi connectivity index (χ2v) is 7.24. The van der Waals surface area contributed by atoms with E-state index in [0.29, 0.717) is 12.8 Å². The maximum Gasteiger partial charge on any atom is 3.00 e. The molecule has 6 nitrogen and oxygen atoms in total. The molecule has 2 atom stereocenters. The molecule has 0 heterocycles. The molecular formula is C14H28B2O6+6. The Morgan fingerprint density at radius 3 is 0.955 bits per heavy atom. The Morgan fingerprint density at radius 2 is 0.909 bits per heavy atom. The Balaban J connectivity index is -0.000000135. The van der Waals surface area contributed by atoms with Crippen molar-refractivity contribution in [1.29, 1.82) is 0 Å². The van der Waals surface area contributed by atoms with Crippen LogP contribution in [0.2, 0.25) is 0 Å². The van der Waals surface area contributed by atoms with Crippen molar-refractivity contribution < 1.29 is 30.0 Å². The molecule has 0 aliphatic carbocycles. The van der Waals surface area contributed by atoms with E-state index < -0.39 is 24.1 Å². The normalized spacial score (nSPS) is 13.5. The Bertz CT molecular complexity index is 288. The summed E-state index contributed by atoms with van der Waals surface area (Å²) in [6, 6.07) is 0. The largest absolute Gasteiger partial charge is 3.00 e. The van der Waals surface area contributed by atoms with Gasteiger partial charge in [-0.05, 0) is 23.7 Å². The SMILES string of the molecule is CC(C)(C)CC(O)C(=O)O.CC(C)(C)CC(O)C(=O)O.[B+3].[B+3]. The van der Waals surface area contributed by atoms with Gasteiger partial charge in [0.15, 0.2) is 12.2 Å². The van der Waals surface area contributed by atoms with Crippen LogP contribution < -0.4 is 0 Å². The van der Waals surface area contributed by atoms with Crippen molar-refractivity contribution in [1.82, 2.24) is 0 Å². The van der Waals surface area contributed by atoms with E-state index in [1.165, 1.54) is 0 Å². The van der Waals surface area contributed by atoms with Gasteiger partial charge in [-0.2, -0.15) is 0 Å². The molecular weight excluding hydrogens is 286 g/mol. The summed E-state index contributed by atoms with van der Waals surface area (Å²) in [5.41, 5.74) is -0.254. The molecule has 0 fully saturated rings. The number of aliphatic hydroxyl groups is 2. The predicted molar refractivity (Wildman–Crippen MR) is 86.9 cm³/mol. The molecule has 0 saturated heterocycles. The van der Waals surface area contributed by atoms with Crippen LogP contribution in [0.15, 0.2) is 0 Å². The smallest absolute Gasteiger partial charge is 0.479 e.